The van der Waals surface area contributed by atoms with Gasteiger partial charge in [-0.25, -0.2) is 0 Å². The molecule has 0 heterocycles. The second-order valence-corrected chi connectivity index (χ2v) is 4.16. The lowest BCUT2D eigenvalue weighted by Gasteiger charge is -2.11. The number of benzene rings is 1. The predicted molar refractivity (Wildman–Crippen MR) is 61.6 cm³/mol. The zero-order chi connectivity index (χ0) is 11.6. The first-order valence-corrected chi connectivity index (χ1v) is 5.35. The smallest absolute Gasteiger partial charge is 0.288 e. The molecule has 0 aliphatic rings. The number of hydrogen-bond donors (Lipinski definition) is 0. The minimum Gasteiger partial charge on any atom is -0.492 e. The van der Waals surface area contributed by atoms with Crippen LogP contribution in [0.2, 0.25) is 0 Å². The molecule has 0 spiro atoms. The Kier molecular flexibility index (Phi) is 3.92. The number of rotatable bonds is 3. The second-order valence-electron chi connectivity index (χ2n) is 2.52. The third-order valence-corrected chi connectivity index (χ3v) is 3.07. The van der Waals surface area contributed by atoms with Gasteiger partial charge in [0.05, 0.1) is 23.6 Å². The van der Waals surface area contributed by atoms with Crippen LogP contribution in [0, 0.1) is 10.1 Å². The maximum Gasteiger partial charge on any atom is 0.288 e. The maximum absolute atomic E-state index is 10.7. The van der Waals surface area contributed by atoms with E-state index in [2.05, 4.69) is 31.9 Å². The fourth-order valence-electron chi connectivity index (χ4n) is 1.08. The van der Waals surface area contributed by atoms with Crippen molar-refractivity contribution in [3.8, 4) is 11.5 Å². The summed E-state index contributed by atoms with van der Waals surface area (Å²) < 4.78 is 10.8. The van der Waals surface area contributed by atoms with Gasteiger partial charge in [-0.15, -0.1) is 0 Å². The summed E-state index contributed by atoms with van der Waals surface area (Å²) in [4.78, 5) is 10.2. The number of nitrogens with zero attached hydrogens (tertiary/aromatic N) is 1. The van der Waals surface area contributed by atoms with Gasteiger partial charge < -0.3 is 9.47 Å². The van der Waals surface area contributed by atoms with Crippen molar-refractivity contribution in [2.24, 2.45) is 0 Å². The molecule has 1 aromatic rings. The highest BCUT2D eigenvalue weighted by molar-refractivity contribution is 9.11. The Hall–Kier alpha value is -0.820. The van der Waals surface area contributed by atoms with Crippen molar-refractivity contribution in [1.82, 2.24) is 0 Å². The van der Waals surface area contributed by atoms with Gasteiger partial charge in [-0.2, -0.15) is 0 Å². The van der Waals surface area contributed by atoms with Crippen LogP contribution in [0.5, 0.6) is 11.5 Å². The van der Waals surface area contributed by atoms with E-state index in [0.717, 1.165) is 0 Å². The van der Waals surface area contributed by atoms with Crippen molar-refractivity contribution in [2.45, 2.75) is 0 Å². The summed E-state index contributed by atoms with van der Waals surface area (Å²) in [5.41, 5.74) is -0.0838. The van der Waals surface area contributed by atoms with Crippen LogP contribution in [0.25, 0.3) is 0 Å². The minimum absolute atomic E-state index is 0.0838. The molecule has 82 valence electrons. The van der Waals surface area contributed by atoms with Gasteiger partial charge in [-0.05, 0) is 31.9 Å². The molecular formula is C8H7Br2NO4. The van der Waals surface area contributed by atoms with Crippen molar-refractivity contribution < 1.29 is 14.4 Å². The van der Waals surface area contributed by atoms with E-state index in [9.17, 15) is 10.1 Å². The third kappa shape index (κ3) is 2.23. The zero-order valence-electron chi connectivity index (χ0n) is 7.91. The summed E-state index contributed by atoms with van der Waals surface area (Å²) >= 11 is 6.27. The quantitative estimate of drug-likeness (QED) is 0.626. The van der Waals surface area contributed by atoms with Crippen LogP contribution in [0.4, 0.5) is 5.69 Å². The lowest BCUT2D eigenvalue weighted by Crippen LogP contribution is -1.97. The highest BCUT2D eigenvalue weighted by Crippen LogP contribution is 2.45. The van der Waals surface area contributed by atoms with Crippen LogP contribution in [-0.4, -0.2) is 19.1 Å². The summed E-state index contributed by atoms with van der Waals surface area (Å²) in [6, 6.07) is 1.35. The average molecular weight is 341 g/mol. The number of halogens is 2. The molecule has 15 heavy (non-hydrogen) atoms. The Balaban J connectivity index is 3.51. The van der Waals surface area contributed by atoms with Gasteiger partial charge in [-0.3, -0.25) is 10.1 Å². The van der Waals surface area contributed by atoms with E-state index in [-0.39, 0.29) is 10.2 Å². The summed E-state index contributed by atoms with van der Waals surface area (Å²) in [5, 5.41) is 10.7. The lowest BCUT2D eigenvalue weighted by atomic mass is 10.3. The number of methoxy groups -OCH3 is 2. The normalized spacial score (nSPS) is 9.87. The monoisotopic (exact) mass is 339 g/mol. The van der Waals surface area contributed by atoms with Gasteiger partial charge in [0.1, 0.15) is 4.47 Å². The van der Waals surface area contributed by atoms with E-state index in [1.807, 2.05) is 0 Å². The Labute approximate surface area is 103 Å². The summed E-state index contributed by atoms with van der Waals surface area (Å²) in [6.45, 7) is 0. The number of ether oxygens (including phenoxy) is 2. The van der Waals surface area contributed by atoms with Gasteiger partial charge in [0, 0.05) is 6.07 Å². The highest BCUT2D eigenvalue weighted by atomic mass is 79.9. The molecule has 0 saturated heterocycles. The van der Waals surface area contributed by atoms with Gasteiger partial charge in [-0.1, -0.05) is 0 Å². The van der Waals surface area contributed by atoms with Gasteiger partial charge in [0.2, 0.25) is 0 Å². The molecule has 0 aliphatic carbocycles. The van der Waals surface area contributed by atoms with Gasteiger partial charge >= 0.3 is 0 Å². The Morgan fingerprint density at radius 2 is 1.80 bits per heavy atom. The molecule has 5 nitrogen and oxygen atoms in total. The number of nitro groups is 1. The average Bonchev–Trinajstić information content (AvgIpc) is 2.19. The first-order chi connectivity index (χ1) is 7.02. The first kappa shape index (κ1) is 12.3. The van der Waals surface area contributed by atoms with Crippen LogP contribution in [0.15, 0.2) is 15.0 Å². The topological polar surface area (TPSA) is 61.6 Å². The molecule has 0 aliphatic heterocycles. The van der Waals surface area contributed by atoms with Gasteiger partial charge in [0.25, 0.3) is 5.69 Å². The molecule has 0 atom stereocenters. The molecule has 0 bridgehead atoms. The third-order valence-electron chi connectivity index (χ3n) is 1.72. The van der Waals surface area contributed by atoms with Crippen LogP contribution >= 0.6 is 31.9 Å². The van der Waals surface area contributed by atoms with Crippen LogP contribution in [-0.2, 0) is 0 Å². The summed E-state index contributed by atoms with van der Waals surface area (Å²) in [6.07, 6.45) is 0. The lowest BCUT2D eigenvalue weighted by molar-refractivity contribution is -0.385. The van der Waals surface area contributed by atoms with Crippen LogP contribution in [0.3, 0.4) is 0 Å². The molecular weight excluding hydrogens is 334 g/mol. The van der Waals surface area contributed by atoms with Gasteiger partial charge in [0.15, 0.2) is 11.5 Å². The molecule has 7 heteroatoms. The Morgan fingerprint density at radius 3 is 2.20 bits per heavy atom. The van der Waals surface area contributed by atoms with E-state index < -0.39 is 4.92 Å². The highest BCUT2D eigenvalue weighted by Gasteiger charge is 2.23. The molecule has 0 saturated carbocycles. The SMILES string of the molecule is COc1c(Br)cc([N+](=O)[O-])c(Br)c1OC. The standard InChI is InChI=1S/C8H7Br2NO4/c1-14-7-4(9)3-5(11(12)13)6(10)8(7)15-2/h3H,1-2H3. The molecule has 1 rings (SSSR count). The largest absolute Gasteiger partial charge is 0.492 e. The van der Waals surface area contributed by atoms with Crippen LogP contribution < -0.4 is 9.47 Å². The molecule has 0 aromatic heterocycles. The van der Waals surface area contributed by atoms with Crippen molar-refractivity contribution in [3.05, 3.63) is 25.1 Å². The van der Waals surface area contributed by atoms with E-state index in [4.69, 9.17) is 9.47 Å². The van der Waals surface area contributed by atoms with Crippen LogP contribution in [0.1, 0.15) is 0 Å². The van der Waals surface area contributed by atoms with E-state index in [0.29, 0.717) is 16.0 Å². The Bertz CT molecular complexity index is 408. The van der Waals surface area contributed by atoms with Crippen molar-refractivity contribution >= 4 is 37.5 Å². The molecule has 0 amide bonds. The number of nitro benzene ring substituents is 1. The fraction of sp³-hybridized carbons (Fsp3) is 0.250. The first-order valence-electron chi connectivity index (χ1n) is 3.77. The molecule has 0 N–H and O–H groups in total. The predicted octanol–water partition coefficient (Wildman–Crippen LogP) is 3.14. The maximum atomic E-state index is 10.7. The van der Waals surface area contributed by atoms with Crippen molar-refractivity contribution in [2.75, 3.05) is 14.2 Å². The fourth-order valence-corrected chi connectivity index (χ4v) is 2.24. The summed E-state index contributed by atoms with van der Waals surface area (Å²) in [5.74, 6) is 0.702. The second kappa shape index (κ2) is 4.80. The summed E-state index contributed by atoms with van der Waals surface area (Å²) in [7, 11) is 2.87. The zero-order valence-corrected chi connectivity index (χ0v) is 11.1. The molecule has 0 radical (unpaired) electrons. The van der Waals surface area contributed by atoms with Crippen molar-refractivity contribution in [1.29, 1.82) is 0 Å². The molecule has 0 fully saturated rings. The molecule has 1 aromatic carbocycles. The van der Waals surface area contributed by atoms with Crippen molar-refractivity contribution in [3.63, 3.8) is 0 Å². The number of hydrogen-bond acceptors (Lipinski definition) is 4. The van der Waals surface area contributed by atoms with E-state index in [1.165, 1.54) is 20.3 Å². The Morgan fingerprint density at radius 1 is 1.27 bits per heavy atom. The van der Waals surface area contributed by atoms with E-state index >= 15 is 0 Å². The molecule has 0 unspecified atom stereocenters. The van der Waals surface area contributed by atoms with E-state index in [1.54, 1.807) is 0 Å². The minimum atomic E-state index is -0.503.